The van der Waals surface area contributed by atoms with Gasteiger partial charge < -0.3 is 37.5 Å². The van der Waals surface area contributed by atoms with Crippen molar-refractivity contribution in [2.75, 3.05) is 31.5 Å². The first kappa shape index (κ1) is 30.5. The molecule has 0 fully saturated rings. The van der Waals surface area contributed by atoms with Gasteiger partial charge in [0.1, 0.15) is 11.8 Å². The highest BCUT2D eigenvalue weighted by atomic mass is 19.4. The van der Waals surface area contributed by atoms with E-state index >= 15 is 0 Å². The number of rotatable bonds is 14. The molecule has 13 heteroatoms. The van der Waals surface area contributed by atoms with Gasteiger partial charge in [-0.3, -0.25) is 14.4 Å². The minimum absolute atomic E-state index is 0.0365. The highest BCUT2D eigenvalue weighted by molar-refractivity contribution is 5.98. The molecule has 2 aromatic carbocycles. The van der Waals surface area contributed by atoms with Crippen LogP contribution in [-0.2, 0) is 20.8 Å². The summed E-state index contributed by atoms with van der Waals surface area (Å²) < 4.78 is 41.6. The Hall–Kier alpha value is -3.68. The molecule has 2 aromatic rings. The van der Waals surface area contributed by atoms with Gasteiger partial charge in [0.15, 0.2) is 0 Å². The molecule has 10 nitrogen and oxygen atoms in total. The number of hydrogen-bond acceptors (Lipinski definition) is 7. The Labute approximate surface area is 218 Å². The van der Waals surface area contributed by atoms with Crippen LogP contribution in [0.2, 0.25) is 0 Å². The second-order valence-electron chi connectivity index (χ2n) is 8.42. The average molecular weight is 539 g/mol. The summed E-state index contributed by atoms with van der Waals surface area (Å²) >= 11 is 0. The van der Waals surface area contributed by atoms with E-state index in [9.17, 15) is 27.6 Å². The average Bonchev–Trinajstić information content (AvgIpc) is 2.85. The van der Waals surface area contributed by atoms with Gasteiger partial charge in [0.2, 0.25) is 17.7 Å². The van der Waals surface area contributed by atoms with Crippen molar-refractivity contribution in [1.29, 1.82) is 0 Å². The molecule has 2 atom stereocenters. The number of ether oxygens (including phenoxy) is 1. The van der Waals surface area contributed by atoms with Crippen molar-refractivity contribution in [3.63, 3.8) is 0 Å². The number of benzene rings is 2. The molecule has 3 amide bonds. The Bertz CT molecular complexity index is 1050. The van der Waals surface area contributed by atoms with Crippen LogP contribution in [0.15, 0.2) is 54.6 Å². The van der Waals surface area contributed by atoms with E-state index in [0.29, 0.717) is 6.42 Å². The lowest BCUT2D eigenvalue weighted by molar-refractivity contribution is -0.274. The van der Waals surface area contributed by atoms with Crippen molar-refractivity contribution < 1.29 is 32.3 Å². The number of amides is 3. The van der Waals surface area contributed by atoms with Crippen molar-refractivity contribution in [3.05, 3.63) is 60.2 Å². The van der Waals surface area contributed by atoms with E-state index in [0.717, 1.165) is 17.7 Å². The van der Waals surface area contributed by atoms with Gasteiger partial charge in [-0.05, 0) is 30.5 Å². The van der Waals surface area contributed by atoms with Gasteiger partial charge in [-0.1, -0.05) is 36.4 Å². The SMILES string of the molecule is NCCN(CCN)C(=O)CC(N)C(=O)NC(CCc1ccccc1)C(=O)Nc1cccc(OC(F)(F)F)c1. The van der Waals surface area contributed by atoms with Crippen molar-refractivity contribution in [2.24, 2.45) is 17.2 Å². The number of aryl methyl sites for hydroxylation is 1. The lowest BCUT2D eigenvalue weighted by Gasteiger charge is -2.24. The van der Waals surface area contributed by atoms with Crippen LogP contribution < -0.4 is 32.6 Å². The molecule has 0 spiro atoms. The smallest absolute Gasteiger partial charge is 0.406 e. The summed E-state index contributed by atoms with van der Waals surface area (Å²) in [5.41, 5.74) is 17.9. The third-order valence-corrected chi connectivity index (χ3v) is 5.41. The summed E-state index contributed by atoms with van der Waals surface area (Å²) in [5, 5.41) is 5.06. The molecule has 0 aliphatic heterocycles. The first-order chi connectivity index (χ1) is 18.0. The second-order valence-corrected chi connectivity index (χ2v) is 8.42. The van der Waals surface area contributed by atoms with E-state index in [1.54, 1.807) is 0 Å². The zero-order chi connectivity index (χ0) is 28.1. The molecular formula is C25H33F3N6O4. The maximum Gasteiger partial charge on any atom is 0.573 e. The van der Waals surface area contributed by atoms with E-state index in [1.807, 2.05) is 30.3 Å². The summed E-state index contributed by atoms with van der Waals surface area (Å²) in [5.74, 6) is -2.33. The van der Waals surface area contributed by atoms with Gasteiger partial charge in [-0.15, -0.1) is 13.2 Å². The van der Waals surface area contributed by atoms with E-state index in [2.05, 4.69) is 15.4 Å². The first-order valence-electron chi connectivity index (χ1n) is 12.0. The highest BCUT2D eigenvalue weighted by Gasteiger charge is 2.31. The lowest BCUT2D eigenvalue weighted by Crippen LogP contribution is -2.52. The number of nitrogens with zero attached hydrogens (tertiary/aromatic N) is 1. The first-order valence-corrected chi connectivity index (χ1v) is 12.0. The van der Waals surface area contributed by atoms with Crippen LogP contribution in [0, 0.1) is 0 Å². The van der Waals surface area contributed by atoms with Gasteiger partial charge in [0.25, 0.3) is 0 Å². The number of hydrogen-bond donors (Lipinski definition) is 5. The Morgan fingerprint density at radius 1 is 0.947 bits per heavy atom. The summed E-state index contributed by atoms with van der Waals surface area (Å²) in [7, 11) is 0. The Balaban J connectivity index is 2.12. The fourth-order valence-corrected chi connectivity index (χ4v) is 3.59. The number of carbonyl (C=O) groups excluding carboxylic acids is 3. The predicted molar refractivity (Wildman–Crippen MR) is 136 cm³/mol. The van der Waals surface area contributed by atoms with Crippen LogP contribution >= 0.6 is 0 Å². The second kappa shape index (κ2) is 14.9. The van der Waals surface area contributed by atoms with Gasteiger partial charge in [0, 0.05) is 37.9 Å². The number of halogens is 3. The third kappa shape index (κ3) is 10.7. The summed E-state index contributed by atoms with van der Waals surface area (Å²) in [6, 6.07) is 11.6. The largest absolute Gasteiger partial charge is 0.573 e. The molecule has 0 saturated carbocycles. The summed E-state index contributed by atoms with van der Waals surface area (Å²) in [6.07, 6.45) is -4.65. The molecule has 0 aliphatic carbocycles. The lowest BCUT2D eigenvalue weighted by atomic mass is 10.0. The number of nitrogens with two attached hydrogens (primary N) is 3. The Kier molecular flexibility index (Phi) is 12.0. The monoisotopic (exact) mass is 538 g/mol. The maximum absolute atomic E-state index is 13.1. The quantitative estimate of drug-likeness (QED) is 0.240. The maximum atomic E-state index is 13.1. The van der Waals surface area contributed by atoms with E-state index in [1.165, 1.54) is 17.0 Å². The highest BCUT2D eigenvalue weighted by Crippen LogP contribution is 2.25. The van der Waals surface area contributed by atoms with Gasteiger partial charge in [-0.2, -0.15) is 0 Å². The summed E-state index contributed by atoms with van der Waals surface area (Å²) in [4.78, 5) is 39.8. The summed E-state index contributed by atoms with van der Waals surface area (Å²) in [6.45, 7) is 0.932. The Morgan fingerprint density at radius 2 is 1.61 bits per heavy atom. The van der Waals surface area contributed by atoms with E-state index in [4.69, 9.17) is 17.2 Å². The zero-order valence-corrected chi connectivity index (χ0v) is 20.7. The van der Waals surface area contributed by atoms with Crippen LogP contribution in [0.5, 0.6) is 5.75 Å². The zero-order valence-electron chi connectivity index (χ0n) is 20.7. The molecule has 2 rings (SSSR count). The molecule has 0 bridgehead atoms. The van der Waals surface area contributed by atoms with E-state index < -0.39 is 41.9 Å². The van der Waals surface area contributed by atoms with Gasteiger partial charge in [0.05, 0.1) is 12.5 Å². The topological polar surface area (TPSA) is 166 Å². The van der Waals surface area contributed by atoms with Crippen LogP contribution in [0.3, 0.4) is 0 Å². The van der Waals surface area contributed by atoms with Crippen molar-refractivity contribution in [1.82, 2.24) is 10.2 Å². The normalized spacial score (nSPS) is 12.8. The molecule has 208 valence electrons. The third-order valence-electron chi connectivity index (χ3n) is 5.41. The van der Waals surface area contributed by atoms with Gasteiger partial charge >= 0.3 is 6.36 Å². The molecule has 0 saturated heterocycles. The predicted octanol–water partition coefficient (Wildman–Crippen LogP) is 1.10. The number of alkyl halides is 3. The molecule has 0 heterocycles. The van der Waals surface area contributed by atoms with Crippen molar-refractivity contribution in [2.45, 2.75) is 37.7 Å². The van der Waals surface area contributed by atoms with Crippen LogP contribution in [0.25, 0.3) is 0 Å². The fraction of sp³-hybridized carbons (Fsp3) is 0.400. The minimum Gasteiger partial charge on any atom is -0.406 e. The molecule has 2 unspecified atom stereocenters. The van der Waals surface area contributed by atoms with Gasteiger partial charge in [-0.25, -0.2) is 0 Å². The van der Waals surface area contributed by atoms with Crippen LogP contribution in [0.4, 0.5) is 18.9 Å². The number of nitrogens with one attached hydrogen (secondary N) is 2. The van der Waals surface area contributed by atoms with Crippen molar-refractivity contribution >= 4 is 23.4 Å². The van der Waals surface area contributed by atoms with Crippen molar-refractivity contribution in [3.8, 4) is 5.75 Å². The molecule has 0 radical (unpaired) electrons. The van der Waals surface area contributed by atoms with Crippen LogP contribution in [-0.4, -0.2) is 67.2 Å². The minimum atomic E-state index is -4.90. The number of carbonyl (C=O) groups is 3. The van der Waals surface area contributed by atoms with E-state index in [-0.39, 0.29) is 44.7 Å². The molecular weight excluding hydrogens is 505 g/mol. The molecule has 38 heavy (non-hydrogen) atoms. The molecule has 0 aromatic heterocycles. The Morgan fingerprint density at radius 3 is 2.21 bits per heavy atom. The molecule has 0 aliphatic rings. The van der Waals surface area contributed by atoms with Crippen LogP contribution in [0.1, 0.15) is 18.4 Å². The standard InChI is InChI=1S/C25H33F3N6O4/c26-25(27,28)38-19-8-4-7-18(15-19)32-24(37)21(10-9-17-5-2-1-3-6-17)33-23(36)20(31)16-22(35)34(13-11-29)14-12-30/h1-8,15,20-21H,9-14,16,29-31H2,(H,32,37)(H,33,36). The number of anilines is 1. The molecule has 8 N–H and O–H groups in total. The fourth-order valence-electron chi connectivity index (χ4n) is 3.59.